The van der Waals surface area contributed by atoms with Gasteiger partial charge in [0.15, 0.2) is 0 Å². The Bertz CT molecular complexity index is 1140. The van der Waals surface area contributed by atoms with Crippen molar-refractivity contribution in [2.75, 3.05) is 0 Å². The highest BCUT2D eigenvalue weighted by atomic mass is 32.2. The molecule has 1 amide bonds. The third-order valence-electron chi connectivity index (χ3n) is 5.09. The Morgan fingerprint density at radius 2 is 1.69 bits per heavy atom. The average molecular weight is 457 g/mol. The highest BCUT2D eigenvalue weighted by Crippen LogP contribution is 2.24. The quantitative estimate of drug-likeness (QED) is 0.504. The fraction of sp³-hybridized carbons (Fsp3) is 0.348. The lowest BCUT2D eigenvalue weighted by Gasteiger charge is -2.18. The molecule has 9 heteroatoms. The molecule has 0 aliphatic heterocycles. The van der Waals surface area contributed by atoms with Crippen LogP contribution in [0.4, 0.5) is 0 Å². The molecule has 170 valence electrons. The fourth-order valence-electron chi connectivity index (χ4n) is 3.01. The van der Waals surface area contributed by atoms with E-state index < -0.39 is 16.1 Å². The average Bonchev–Trinajstić information content (AvgIpc) is 3.27. The van der Waals surface area contributed by atoms with Crippen LogP contribution < -0.4 is 10.0 Å². The second-order valence-electron chi connectivity index (χ2n) is 7.97. The first kappa shape index (κ1) is 23.6. The summed E-state index contributed by atoms with van der Waals surface area (Å²) < 4.78 is 32.9. The maximum absolute atomic E-state index is 12.8. The lowest BCUT2D eigenvalue weighted by molar-refractivity contribution is 0.0914. The van der Waals surface area contributed by atoms with Gasteiger partial charge in [-0.3, -0.25) is 4.79 Å². The van der Waals surface area contributed by atoms with Gasteiger partial charge in [0.2, 0.25) is 21.7 Å². The van der Waals surface area contributed by atoms with Gasteiger partial charge in [-0.25, -0.2) is 13.1 Å². The van der Waals surface area contributed by atoms with Gasteiger partial charge in [0.05, 0.1) is 4.90 Å². The molecule has 0 saturated heterocycles. The van der Waals surface area contributed by atoms with Crippen LogP contribution in [0.5, 0.6) is 0 Å². The molecule has 0 aliphatic carbocycles. The molecule has 8 nitrogen and oxygen atoms in total. The van der Waals surface area contributed by atoms with E-state index in [-0.39, 0.29) is 22.8 Å². The first-order valence-corrected chi connectivity index (χ1v) is 12.0. The van der Waals surface area contributed by atoms with Crippen LogP contribution in [0.1, 0.15) is 56.4 Å². The van der Waals surface area contributed by atoms with Gasteiger partial charge in [0.1, 0.15) is 6.04 Å². The summed E-state index contributed by atoms with van der Waals surface area (Å²) in [5.74, 6) is 0.387. The van der Waals surface area contributed by atoms with E-state index in [0.717, 1.165) is 5.56 Å². The molecular weight excluding hydrogens is 428 g/mol. The molecule has 0 unspecified atom stereocenters. The summed E-state index contributed by atoms with van der Waals surface area (Å²) in [6, 6.07) is 14.6. The van der Waals surface area contributed by atoms with Gasteiger partial charge in [-0.15, -0.1) is 0 Å². The number of aromatic nitrogens is 2. The van der Waals surface area contributed by atoms with Crippen LogP contribution in [0.25, 0.3) is 11.4 Å². The van der Waals surface area contributed by atoms with Crippen LogP contribution in [-0.4, -0.2) is 30.5 Å². The molecule has 2 atom stereocenters. The standard InChI is InChI=1S/C23H28N4O4S/c1-5-16(4)27-32(29,30)19-13-11-18(12-14-19)22(28)24-20(15(2)3)23-25-21(26-31-23)17-9-7-6-8-10-17/h6-16,20,27H,5H2,1-4H3,(H,24,28)/t16-,20+/m0/s1. The van der Waals surface area contributed by atoms with E-state index in [4.69, 9.17) is 4.52 Å². The molecule has 0 radical (unpaired) electrons. The number of nitrogens with one attached hydrogen (secondary N) is 2. The van der Waals surface area contributed by atoms with Gasteiger partial charge in [-0.05, 0) is 43.5 Å². The van der Waals surface area contributed by atoms with E-state index >= 15 is 0 Å². The second kappa shape index (κ2) is 10.1. The minimum Gasteiger partial charge on any atom is -0.340 e. The van der Waals surface area contributed by atoms with Crippen molar-refractivity contribution in [2.45, 2.75) is 51.1 Å². The van der Waals surface area contributed by atoms with Crippen molar-refractivity contribution in [1.29, 1.82) is 0 Å². The highest BCUT2D eigenvalue weighted by Gasteiger charge is 2.26. The van der Waals surface area contributed by atoms with Crippen LogP contribution in [0, 0.1) is 5.92 Å². The lowest BCUT2D eigenvalue weighted by atomic mass is 10.0. The molecule has 2 N–H and O–H groups in total. The molecule has 2 aromatic carbocycles. The Kier molecular flexibility index (Phi) is 7.42. The maximum atomic E-state index is 12.8. The molecule has 0 spiro atoms. The number of amides is 1. The first-order valence-electron chi connectivity index (χ1n) is 10.5. The summed E-state index contributed by atoms with van der Waals surface area (Å²) in [5.41, 5.74) is 1.15. The second-order valence-corrected chi connectivity index (χ2v) is 9.69. The number of carbonyl (C=O) groups is 1. The van der Waals surface area contributed by atoms with Gasteiger partial charge < -0.3 is 9.84 Å². The molecule has 32 heavy (non-hydrogen) atoms. The van der Waals surface area contributed by atoms with Crippen LogP contribution in [0.2, 0.25) is 0 Å². The van der Waals surface area contributed by atoms with Gasteiger partial charge in [0, 0.05) is 17.2 Å². The molecule has 1 heterocycles. The van der Waals surface area contributed by atoms with E-state index in [1.165, 1.54) is 24.3 Å². The van der Waals surface area contributed by atoms with Crippen molar-refractivity contribution in [3.05, 3.63) is 66.1 Å². The highest BCUT2D eigenvalue weighted by molar-refractivity contribution is 7.89. The van der Waals surface area contributed by atoms with Crippen molar-refractivity contribution in [3.8, 4) is 11.4 Å². The zero-order valence-electron chi connectivity index (χ0n) is 18.6. The Hall–Kier alpha value is -3.04. The summed E-state index contributed by atoms with van der Waals surface area (Å²) in [5, 5.41) is 6.94. The summed E-state index contributed by atoms with van der Waals surface area (Å²) in [6.45, 7) is 7.57. The van der Waals surface area contributed by atoms with Gasteiger partial charge in [-0.2, -0.15) is 4.98 Å². The molecule has 1 aromatic heterocycles. The SMILES string of the molecule is CC[C@H](C)NS(=O)(=O)c1ccc(C(=O)N[C@@H](c2nc(-c3ccccc3)no2)C(C)C)cc1. The number of benzene rings is 2. The predicted molar refractivity (Wildman–Crippen MR) is 121 cm³/mol. The smallest absolute Gasteiger partial charge is 0.251 e. The Balaban J connectivity index is 1.75. The molecule has 3 rings (SSSR count). The molecule has 0 fully saturated rings. The summed E-state index contributed by atoms with van der Waals surface area (Å²) in [4.78, 5) is 17.4. The Morgan fingerprint density at radius 1 is 1.03 bits per heavy atom. The number of rotatable bonds is 9. The third kappa shape index (κ3) is 5.60. The third-order valence-corrected chi connectivity index (χ3v) is 6.69. The van der Waals surface area contributed by atoms with E-state index in [0.29, 0.717) is 23.7 Å². The maximum Gasteiger partial charge on any atom is 0.251 e. The number of nitrogens with zero attached hydrogens (tertiary/aromatic N) is 2. The largest absolute Gasteiger partial charge is 0.340 e. The number of hydrogen-bond acceptors (Lipinski definition) is 6. The topological polar surface area (TPSA) is 114 Å². The number of carbonyl (C=O) groups excluding carboxylic acids is 1. The predicted octanol–water partition coefficient (Wildman–Crippen LogP) is 3.94. The molecule has 0 bridgehead atoms. The van der Waals surface area contributed by atoms with Crippen LogP contribution in [-0.2, 0) is 10.0 Å². The van der Waals surface area contributed by atoms with Crippen molar-refractivity contribution < 1.29 is 17.7 Å². The van der Waals surface area contributed by atoms with Gasteiger partial charge >= 0.3 is 0 Å². The van der Waals surface area contributed by atoms with Gasteiger partial charge in [0.25, 0.3) is 5.91 Å². The molecule has 0 aliphatic rings. The number of hydrogen-bond donors (Lipinski definition) is 2. The minimum absolute atomic E-state index is 0.0117. The van der Waals surface area contributed by atoms with Crippen molar-refractivity contribution in [2.24, 2.45) is 5.92 Å². The summed E-state index contributed by atoms with van der Waals surface area (Å²) >= 11 is 0. The zero-order chi connectivity index (χ0) is 23.3. The van der Waals surface area contributed by atoms with E-state index in [1.807, 2.05) is 51.1 Å². The van der Waals surface area contributed by atoms with Crippen LogP contribution >= 0.6 is 0 Å². The normalized spacial score (nSPS) is 13.7. The van der Waals surface area contributed by atoms with E-state index in [9.17, 15) is 13.2 Å². The van der Waals surface area contributed by atoms with Crippen LogP contribution in [0.15, 0.2) is 64.0 Å². The van der Waals surface area contributed by atoms with Crippen LogP contribution in [0.3, 0.4) is 0 Å². The minimum atomic E-state index is -3.63. The first-order chi connectivity index (χ1) is 15.2. The Morgan fingerprint density at radius 3 is 2.28 bits per heavy atom. The molecule has 3 aromatic rings. The van der Waals surface area contributed by atoms with Crippen molar-refractivity contribution in [1.82, 2.24) is 20.2 Å². The summed E-state index contributed by atoms with van der Waals surface area (Å²) in [7, 11) is -3.63. The number of sulfonamides is 1. The Labute approximate surface area is 188 Å². The van der Waals surface area contributed by atoms with Crippen molar-refractivity contribution >= 4 is 15.9 Å². The fourth-order valence-corrected chi connectivity index (χ4v) is 4.33. The van der Waals surface area contributed by atoms with E-state index in [2.05, 4.69) is 20.2 Å². The molecular formula is C23H28N4O4S. The van der Waals surface area contributed by atoms with E-state index in [1.54, 1.807) is 6.92 Å². The monoisotopic (exact) mass is 456 g/mol. The summed E-state index contributed by atoms with van der Waals surface area (Å²) in [6.07, 6.45) is 0.679. The lowest BCUT2D eigenvalue weighted by Crippen LogP contribution is -2.33. The zero-order valence-corrected chi connectivity index (χ0v) is 19.4. The molecule has 0 saturated carbocycles. The van der Waals surface area contributed by atoms with Gasteiger partial charge in [-0.1, -0.05) is 56.3 Å². The van der Waals surface area contributed by atoms with Crippen molar-refractivity contribution in [3.63, 3.8) is 0 Å².